The summed E-state index contributed by atoms with van der Waals surface area (Å²) in [6, 6.07) is 4.75. The molecule has 1 aliphatic rings. The van der Waals surface area contributed by atoms with Crippen LogP contribution in [0.2, 0.25) is 0 Å². The lowest BCUT2D eigenvalue weighted by Crippen LogP contribution is -2.34. The maximum atomic E-state index is 13.4. The van der Waals surface area contributed by atoms with Crippen molar-refractivity contribution in [3.05, 3.63) is 40.8 Å². The Morgan fingerprint density at radius 1 is 1.43 bits per heavy atom. The molecule has 0 spiro atoms. The summed E-state index contributed by atoms with van der Waals surface area (Å²) in [6.45, 7) is 1.18. The number of aromatic nitrogens is 2. The Morgan fingerprint density at radius 2 is 2.25 bits per heavy atom. The van der Waals surface area contributed by atoms with Crippen molar-refractivity contribution in [3.63, 3.8) is 0 Å². The van der Waals surface area contributed by atoms with E-state index >= 15 is 0 Å². The molecule has 0 saturated carbocycles. The molecule has 3 rings (SSSR count). The van der Waals surface area contributed by atoms with Gasteiger partial charge in [-0.1, -0.05) is 11.2 Å². The van der Waals surface area contributed by atoms with Gasteiger partial charge < -0.3 is 15.8 Å². The van der Waals surface area contributed by atoms with Crippen molar-refractivity contribution in [1.82, 2.24) is 20.4 Å². The Morgan fingerprint density at radius 3 is 3.00 bits per heavy atom. The monoisotopic (exact) mass is 411 g/mol. The van der Waals surface area contributed by atoms with E-state index in [1.165, 1.54) is 25.4 Å². The third kappa shape index (κ3) is 4.57. The second kappa shape index (κ2) is 8.52. The fourth-order valence-corrected chi connectivity index (χ4v) is 3.50. The van der Waals surface area contributed by atoms with Gasteiger partial charge in [0.05, 0.1) is 0 Å². The van der Waals surface area contributed by atoms with E-state index in [-0.39, 0.29) is 29.1 Å². The van der Waals surface area contributed by atoms with Crippen LogP contribution in [0.1, 0.15) is 22.7 Å². The minimum absolute atomic E-state index is 0.0874. The maximum absolute atomic E-state index is 13.4. The molecular weight excluding hydrogens is 389 g/mol. The zero-order valence-electron chi connectivity index (χ0n) is 15.5. The van der Waals surface area contributed by atoms with Crippen molar-refractivity contribution >= 4 is 21.6 Å². The number of amidine groups is 1. The fourth-order valence-electron chi connectivity index (χ4n) is 2.89. The zero-order chi connectivity index (χ0) is 20.1. The largest absolute Gasteiger partial charge is 0.409 e. The SMILES string of the molecule is CN=S(C)(=O)NCCNc1nonc1/C(=N\O)NC[C@H]1Cc2ccc(F)cc21. The van der Waals surface area contributed by atoms with Gasteiger partial charge in [0.1, 0.15) is 15.7 Å². The summed E-state index contributed by atoms with van der Waals surface area (Å²) >= 11 is 0. The lowest BCUT2D eigenvalue weighted by atomic mass is 9.77. The molecule has 4 N–H and O–H groups in total. The molecule has 0 amide bonds. The molecule has 10 nitrogen and oxygen atoms in total. The Bertz CT molecular complexity index is 984. The number of hydrogen-bond donors (Lipinski definition) is 4. The van der Waals surface area contributed by atoms with Gasteiger partial charge in [-0.05, 0) is 40.0 Å². The summed E-state index contributed by atoms with van der Waals surface area (Å²) in [5.74, 6) is 0.202. The number of fused-ring (bicyclic) bond motifs is 1. The third-order valence-corrected chi connectivity index (χ3v) is 5.92. The van der Waals surface area contributed by atoms with Crippen LogP contribution in [-0.2, 0) is 16.3 Å². The van der Waals surface area contributed by atoms with Gasteiger partial charge in [-0.25, -0.2) is 22.3 Å². The highest BCUT2D eigenvalue weighted by molar-refractivity contribution is 7.91. The summed E-state index contributed by atoms with van der Waals surface area (Å²) in [6.07, 6.45) is 2.31. The van der Waals surface area contributed by atoms with Gasteiger partial charge in [0.2, 0.25) is 5.82 Å². The van der Waals surface area contributed by atoms with Crippen LogP contribution >= 0.6 is 0 Å². The Hall–Kier alpha value is -2.73. The highest BCUT2D eigenvalue weighted by atomic mass is 32.2. The van der Waals surface area contributed by atoms with Crippen molar-refractivity contribution in [1.29, 1.82) is 0 Å². The van der Waals surface area contributed by atoms with E-state index in [4.69, 9.17) is 4.63 Å². The quantitative estimate of drug-likeness (QED) is 0.167. The lowest BCUT2D eigenvalue weighted by Gasteiger charge is -2.30. The molecule has 1 aliphatic carbocycles. The van der Waals surface area contributed by atoms with E-state index in [9.17, 15) is 13.8 Å². The number of anilines is 1. The predicted octanol–water partition coefficient (Wildman–Crippen LogP) is 0.918. The number of halogens is 1. The molecule has 1 heterocycles. The second-order valence-corrected chi connectivity index (χ2v) is 8.60. The van der Waals surface area contributed by atoms with Crippen LogP contribution in [0.4, 0.5) is 10.2 Å². The molecule has 1 unspecified atom stereocenters. The van der Waals surface area contributed by atoms with E-state index in [0.717, 1.165) is 17.5 Å². The fraction of sp³-hybridized carbons (Fsp3) is 0.438. The predicted molar refractivity (Wildman–Crippen MR) is 102 cm³/mol. The molecule has 2 aromatic rings. The van der Waals surface area contributed by atoms with Crippen LogP contribution in [0.25, 0.3) is 0 Å². The molecule has 0 radical (unpaired) electrons. The van der Waals surface area contributed by atoms with Crippen LogP contribution in [0, 0.1) is 5.82 Å². The van der Waals surface area contributed by atoms with E-state index in [1.54, 1.807) is 6.07 Å². The van der Waals surface area contributed by atoms with Crippen LogP contribution < -0.4 is 15.4 Å². The first kappa shape index (κ1) is 20.0. The first-order chi connectivity index (χ1) is 13.4. The Kier molecular flexibility index (Phi) is 6.09. The molecule has 28 heavy (non-hydrogen) atoms. The van der Waals surface area contributed by atoms with Gasteiger partial charge in [-0.2, -0.15) is 0 Å². The first-order valence-electron chi connectivity index (χ1n) is 8.59. The molecule has 0 bridgehead atoms. The first-order valence-corrected chi connectivity index (χ1v) is 10.5. The zero-order valence-corrected chi connectivity index (χ0v) is 16.3. The smallest absolute Gasteiger partial charge is 0.202 e. The second-order valence-electron chi connectivity index (χ2n) is 6.34. The van der Waals surface area contributed by atoms with Crippen molar-refractivity contribution < 1.29 is 18.4 Å². The highest BCUT2D eigenvalue weighted by Gasteiger charge is 2.27. The van der Waals surface area contributed by atoms with Crippen molar-refractivity contribution in [2.24, 2.45) is 9.52 Å². The molecular formula is C16H22FN7O3S. The number of rotatable bonds is 8. The van der Waals surface area contributed by atoms with Gasteiger partial charge in [-0.3, -0.25) is 0 Å². The average molecular weight is 411 g/mol. The Labute approximate surface area is 161 Å². The maximum Gasteiger partial charge on any atom is 0.202 e. The molecule has 0 fully saturated rings. The van der Waals surface area contributed by atoms with E-state index in [2.05, 4.69) is 35.2 Å². The van der Waals surface area contributed by atoms with Crippen LogP contribution in [0.15, 0.2) is 32.3 Å². The number of benzene rings is 1. The van der Waals surface area contributed by atoms with Crippen LogP contribution in [-0.4, -0.2) is 58.5 Å². The minimum Gasteiger partial charge on any atom is -0.409 e. The molecule has 152 valence electrons. The van der Waals surface area contributed by atoms with Crippen molar-refractivity contribution in [2.45, 2.75) is 12.3 Å². The molecule has 0 aliphatic heterocycles. The number of nitrogens with zero attached hydrogens (tertiary/aromatic N) is 4. The lowest BCUT2D eigenvalue weighted by molar-refractivity contribution is 0.303. The number of hydrogen-bond acceptors (Lipinski definition) is 8. The molecule has 1 aromatic carbocycles. The summed E-state index contributed by atoms with van der Waals surface area (Å²) in [7, 11) is -0.932. The number of nitrogens with one attached hydrogen (secondary N) is 3. The van der Waals surface area contributed by atoms with Gasteiger partial charge in [-0.15, -0.1) is 0 Å². The van der Waals surface area contributed by atoms with Crippen molar-refractivity contribution in [2.75, 3.05) is 38.3 Å². The Balaban J connectivity index is 1.56. The normalized spacial score (nSPS) is 18.0. The number of oxime groups is 1. The van der Waals surface area contributed by atoms with Crippen molar-refractivity contribution in [3.8, 4) is 0 Å². The van der Waals surface area contributed by atoms with E-state index < -0.39 is 9.92 Å². The van der Waals surface area contributed by atoms with Gasteiger partial charge in [0.15, 0.2) is 11.5 Å². The third-order valence-electron chi connectivity index (χ3n) is 4.48. The molecule has 0 saturated heterocycles. The summed E-state index contributed by atoms with van der Waals surface area (Å²) in [5.41, 5.74) is 2.26. The summed E-state index contributed by atoms with van der Waals surface area (Å²) < 4.78 is 36.5. The highest BCUT2D eigenvalue weighted by Crippen LogP contribution is 2.34. The van der Waals surface area contributed by atoms with Crippen LogP contribution in [0.3, 0.4) is 0 Å². The minimum atomic E-state index is -2.41. The van der Waals surface area contributed by atoms with Gasteiger partial charge >= 0.3 is 0 Å². The molecule has 2 atom stereocenters. The summed E-state index contributed by atoms with van der Waals surface area (Å²) in [4.78, 5) is 0. The van der Waals surface area contributed by atoms with Crippen LogP contribution in [0.5, 0.6) is 0 Å². The van der Waals surface area contributed by atoms with E-state index in [1.807, 2.05) is 0 Å². The van der Waals surface area contributed by atoms with E-state index in [0.29, 0.717) is 19.6 Å². The summed E-state index contributed by atoms with van der Waals surface area (Å²) in [5, 5.41) is 26.0. The average Bonchev–Trinajstić information content (AvgIpc) is 3.13. The topological polar surface area (TPSA) is 137 Å². The van der Waals surface area contributed by atoms with Gasteiger partial charge in [0, 0.05) is 38.9 Å². The standard InChI is InChI=1S/C16H22FN7O3S/c1-18-28(2,26)21-6-5-19-16-14(23-27-24-16)15(22-25)20-9-11-7-10-3-4-12(17)8-13(10)11/h3-4,8,11,25H,5-7,9H2,1-2H3,(H,19,24)(H,20,22)(H,18,21,26)/t11-,28?/m1/s1. The molecule has 12 heteroatoms. The van der Waals surface area contributed by atoms with Gasteiger partial charge in [0.25, 0.3) is 0 Å². The molecule has 1 aromatic heterocycles.